The number of hydrogen-bond donors (Lipinski definition) is 1. The summed E-state index contributed by atoms with van der Waals surface area (Å²) in [5.74, 6) is 0.749. The van der Waals surface area contributed by atoms with E-state index >= 15 is 0 Å². The molecule has 0 bridgehead atoms. The van der Waals surface area contributed by atoms with Crippen LogP contribution in [0.3, 0.4) is 0 Å². The van der Waals surface area contributed by atoms with Crippen molar-refractivity contribution < 1.29 is 19.1 Å². The Hall–Kier alpha value is -2.24. The van der Waals surface area contributed by atoms with Gasteiger partial charge in [0, 0.05) is 13.0 Å². The van der Waals surface area contributed by atoms with E-state index in [9.17, 15) is 9.59 Å². The first-order chi connectivity index (χ1) is 11.6. The van der Waals surface area contributed by atoms with E-state index in [1.54, 1.807) is 12.0 Å². The Balaban J connectivity index is 1.91. The molecule has 132 valence electrons. The molecule has 1 aromatic rings. The van der Waals surface area contributed by atoms with Gasteiger partial charge in [-0.05, 0) is 24.1 Å². The normalized spacial score (nSPS) is 15.1. The van der Waals surface area contributed by atoms with Gasteiger partial charge in [0.2, 0.25) is 5.91 Å². The lowest BCUT2D eigenvalue weighted by molar-refractivity contribution is -0.122. The zero-order valence-electron chi connectivity index (χ0n) is 14.4. The highest BCUT2D eigenvalue weighted by molar-refractivity contribution is 5.77. The van der Waals surface area contributed by atoms with E-state index in [4.69, 9.17) is 9.47 Å². The number of nitrogens with zero attached hydrogens (tertiary/aromatic N) is 1. The van der Waals surface area contributed by atoms with Crippen LogP contribution in [0.4, 0.5) is 4.79 Å². The third kappa shape index (κ3) is 5.15. The molecule has 0 aliphatic carbocycles. The van der Waals surface area contributed by atoms with Crippen LogP contribution in [-0.2, 0) is 9.53 Å². The molecule has 6 nitrogen and oxygen atoms in total. The Morgan fingerprint density at radius 3 is 2.71 bits per heavy atom. The average Bonchev–Trinajstić information content (AvgIpc) is 3.02. The summed E-state index contributed by atoms with van der Waals surface area (Å²) in [6.45, 7) is 3.49. The molecule has 0 spiro atoms. The summed E-state index contributed by atoms with van der Waals surface area (Å²) in [6, 6.07) is 7.75. The lowest BCUT2D eigenvalue weighted by Crippen LogP contribution is -2.33. The van der Waals surface area contributed by atoms with Crippen LogP contribution in [0.15, 0.2) is 24.3 Å². The number of carbonyl (C=O) groups is 2. The van der Waals surface area contributed by atoms with Gasteiger partial charge in [-0.2, -0.15) is 0 Å². The summed E-state index contributed by atoms with van der Waals surface area (Å²) in [4.78, 5) is 25.2. The molecule has 1 aromatic carbocycles. The van der Waals surface area contributed by atoms with E-state index in [1.165, 1.54) is 0 Å². The predicted octanol–water partition coefficient (Wildman–Crippen LogP) is 2.89. The van der Waals surface area contributed by atoms with E-state index in [-0.39, 0.29) is 24.5 Å². The molecule has 1 fully saturated rings. The Labute approximate surface area is 143 Å². The first-order valence-corrected chi connectivity index (χ1v) is 8.49. The SMILES string of the molecule is CCCCC(NC(=O)CCN1CCOC1=O)c1ccc(OC)cc1. The number of unbranched alkanes of at least 4 members (excludes halogenated alkanes) is 1. The topological polar surface area (TPSA) is 67.9 Å². The van der Waals surface area contributed by atoms with Crippen molar-refractivity contribution >= 4 is 12.0 Å². The first-order valence-electron chi connectivity index (χ1n) is 8.49. The Kier molecular flexibility index (Phi) is 6.90. The lowest BCUT2D eigenvalue weighted by atomic mass is 10.0. The highest BCUT2D eigenvalue weighted by atomic mass is 16.6. The number of hydrogen-bond acceptors (Lipinski definition) is 4. The van der Waals surface area contributed by atoms with Crippen molar-refractivity contribution in [1.82, 2.24) is 10.2 Å². The van der Waals surface area contributed by atoms with Crippen molar-refractivity contribution in [3.8, 4) is 5.75 Å². The van der Waals surface area contributed by atoms with Crippen molar-refractivity contribution in [1.29, 1.82) is 0 Å². The average molecular weight is 334 g/mol. The van der Waals surface area contributed by atoms with Crippen molar-refractivity contribution in [3.05, 3.63) is 29.8 Å². The van der Waals surface area contributed by atoms with Crippen LogP contribution in [-0.4, -0.2) is 43.7 Å². The van der Waals surface area contributed by atoms with E-state index in [2.05, 4.69) is 12.2 Å². The van der Waals surface area contributed by atoms with E-state index in [1.807, 2.05) is 24.3 Å². The van der Waals surface area contributed by atoms with E-state index in [0.717, 1.165) is 30.6 Å². The molecule has 1 aliphatic rings. The molecule has 24 heavy (non-hydrogen) atoms. The fourth-order valence-corrected chi connectivity index (χ4v) is 2.70. The minimum Gasteiger partial charge on any atom is -0.497 e. The summed E-state index contributed by atoms with van der Waals surface area (Å²) in [7, 11) is 1.63. The molecule has 1 heterocycles. The van der Waals surface area contributed by atoms with Crippen LogP contribution >= 0.6 is 0 Å². The number of carbonyl (C=O) groups excluding carboxylic acids is 2. The van der Waals surface area contributed by atoms with E-state index < -0.39 is 0 Å². The molecule has 1 atom stereocenters. The maximum absolute atomic E-state index is 12.3. The van der Waals surface area contributed by atoms with Crippen molar-refractivity contribution in [3.63, 3.8) is 0 Å². The summed E-state index contributed by atoms with van der Waals surface area (Å²) in [6.07, 6.45) is 2.95. The Bertz CT molecular complexity index is 544. The number of cyclic esters (lactones) is 1. The monoisotopic (exact) mass is 334 g/mol. The zero-order valence-corrected chi connectivity index (χ0v) is 14.4. The molecule has 0 radical (unpaired) electrons. The van der Waals surface area contributed by atoms with Crippen molar-refractivity contribution in [2.24, 2.45) is 0 Å². The van der Waals surface area contributed by atoms with Crippen LogP contribution in [0.2, 0.25) is 0 Å². The van der Waals surface area contributed by atoms with Gasteiger partial charge in [0.25, 0.3) is 0 Å². The molecule has 2 amide bonds. The molecule has 2 rings (SSSR count). The Morgan fingerprint density at radius 1 is 1.38 bits per heavy atom. The molecule has 0 saturated carbocycles. The molecular formula is C18H26N2O4. The number of nitrogens with one attached hydrogen (secondary N) is 1. The largest absolute Gasteiger partial charge is 0.497 e. The smallest absolute Gasteiger partial charge is 0.409 e. The molecule has 1 saturated heterocycles. The standard InChI is InChI=1S/C18H26N2O4/c1-3-4-5-16(14-6-8-15(23-2)9-7-14)19-17(21)10-11-20-12-13-24-18(20)22/h6-9,16H,3-5,10-13H2,1-2H3,(H,19,21). The lowest BCUT2D eigenvalue weighted by Gasteiger charge is -2.20. The van der Waals surface area contributed by atoms with Gasteiger partial charge >= 0.3 is 6.09 Å². The Morgan fingerprint density at radius 2 is 2.12 bits per heavy atom. The van der Waals surface area contributed by atoms with Gasteiger partial charge in [-0.1, -0.05) is 31.9 Å². The maximum Gasteiger partial charge on any atom is 0.409 e. The summed E-state index contributed by atoms with van der Waals surface area (Å²) in [5.41, 5.74) is 1.07. The maximum atomic E-state index is 12.3. The molecular weight excluding hydrogens is 308 g/mol. The second-order valence-corrected chi connectivity index (χ2v) is 5.89. The number of benzene rings is 1. The van der Waals surface area contributed by atoms with Gasteiger partial charge < -0.3 is 19.7 Å². The van der Waals surface area contributed by atoms with Gasteiger partial charge in [0.15, 0.2) is 0 Å². The number of amides is 2. The van der Waals surface area contributed by atoms with Gasteiger partial charge in [-0.25, -0.2) is 4.79 Å². The van der Waals surface area contributed by atoms with Crippen LogP contribution in [0.5, 0.6) is 5.75 Å². The fourth-order valence-electron chi connectivity index (χ4n) is 2.70. The summed E-state index contributed by atoms with van der Waals surface area (Å²) < 4.78 is 10.0. The quantitative estimate of drug-likeness (QED) is 0.754. The van der Waals surface area contributed by atoms with Crippen molar-refractivity contribution in [2.45, 2.75) is 38.6 Å². The summed E-state index contributed by atoms with van der Waals surface area (Å²) >= 11 is 0. The predicted molar refractivity (Wildman–Crippen MR) is 90.9 cm³/mol. The van der Waals surface area contributed by atoms with Crippen LogP contribution in [0.1, 0.15) is 44.2 Å². The number of rotatable bonds is 9. The van der Waals surface area contributed by atoms with Gasteiger partial charge in [0.1, 0.15) is 12.4 Å². The third-order valence-electron chi connectivity index (χ3n) is 4.15. The highest BCUT2D eigenvalue weighted by Crippen LogP contribution is 2.22. The van der Waals surface area contributed by atoms with E-state index in [0.29, 0.717) is 19.7 Å². The molecule has 6 heteroatoms. The molecule has 1 aliphatic heterocycles. The second-order valence-electron chi connectivity index (χ2n) is 5.89. The second kappa shape index (κ2) is 9.15. The van der Waals surface area contributed by atoms with Gasteiger partial charge in [-0.15, -0.1) is 0 Å². The highest BCUT2D eigenvalue weighted by Gasteiger charge is 2.23. The fraction of sp³-hybridized carbons (Fsp3) is 0.556. The molecule has 1 unspecified atom stereocenters. The van der Waals surface area contributed by atoms with Gasteiger partial charge in [0.05, 0.1) is 19.7 Å². The van der Waals surface area contributed by atoms with Gasteiger partial charge in [-0.3, -0.25) is 4.79 Å². The minimum absolute atomic E-state index is 0.0196. The number of ether oxygens (including phenoxy) is 2. The third-order valence-corrected chi connectivity index (χ3v) is 4.15. The zero-order chi connectivity index (χ0) is 17.4. The van der Waals surface area contributed by atoms with Crippen LogP contribution in [0, 0.1) is 0 Å². The minimum atomic E-state index is -0.333. The van der Waals surface area contributed by atoms with Crippen LogP contribution in [0.25, 0.3) is 0 Å². The molecule has 1 N–H and O–H groups in total. The van der Waals surface area contributed by atoms with Crippen LogP contribution < -0.4 is 10.1 Å². The summed E-state index contributed by atoms with van der Waals surface area (Å²) in [5, 5.41) is 3.09. The first kappa shape index (κ1) is 18.1. The number of methoxy groups -OCH3 is 1. The van der Waals surface area contributed by atoms with Crippen molar-refractivity contribution in [2.75, 3.05) is 26.8 Å². The molecule has 0 aromatic heterocycles.